The lowest BCUT2D eigenvalue weighted by atomic mass is 10.3. The van der Waals surface area contributed by atoms with Gasteiger partial charge in [-0.15, -0.1) is 0 Å². The van der Waals surface area contributed by atoms with E-state index in [1.807, 2.05) is 28.5 Å². The SMILES string of the molecule is CCN1CN(CCN(CCC#N)CCP(=O)(O)O)c2nc(N)n(CC)c(=O)c21. The molecule has 28 heavy (non-hydrogen) atoms. The molecule has 0 aromatic carbocycles. The maximum absolute atomic E-state index is 12.8. The first-order valence-corrected chi connectivity index (χ1v) is 11.1. The molecule has 4 N–H and O–H groups in total. The molecule has 0 radical (unpaired) electrons. The summed E-state index contributed by atoms with van der Waals surface area (Å²) >= 11 is 0. The molecule has 0 aliphatic carbocycles. The van der Waals surface area contributed by atoms with Gasteiger partial charge < -0.3 is 25.3 Å². The van der Waals surface area contributed by atoms with E-state index in [-0.39, 0.29) is 30.6 Å². The highest BCUT2D eigenvalue weighted by molar-refractivity contribution is 7.51. The number of nitrogens with two attached hydrogens (primary N) is 1. The van der Waals surface area contributed by atoms with Crippen molar-refractivity contribution in [1.29, 1.82) is 5.26 Å². The van der Waals surface area contributed by atoms with Gasteiger partial charge in [-0.25, -0.2) is 0 Å². The lowest BCUT2D eigenvalue weighted by molar-refractivity contribution is 0.289. The second-order valence-electron chi connectivity index (χ2n) is 6.59. The molecule has 156 valence electrons. The molecule has 0 spiro atoms. The fraction of sp³-hybridized carbons (Fsp3) is 0.688. The fourth-order valence-electron chi connectivity index (χ4n) is 3.21. The van der Waals surface area contributed by atoms with Crippen LogP contribution in [0, 0.1) is 11.3 Å². The molecule has 1 aliphatic rings. The number of nitrogens with zero attached hydrogens (tertiary/aromatic N) is 6. The third kappa shape index (κ3) is 5.23. The molecule has 0 atom stereocenters. The van der Waals surface area contributed by atoms with E-state index in [1.165, 1.54) is 4.57 Å². The van der Waals surface area contributed by atoms with Gasteiger partial charge in [0.15, 0.2) is 5.82 Å². The van der Waals surface area contributed by atoms with Gasteiger partial charge in [0, 0.05) is 45.7 Å². The van der Waals surface area contributed by atoms with E-state index in [1.54, 1.807) is 0 Å². The Kier molecular flexibility index (Phi) is 7.43. The van der Waals surface area contributed by atoms with Crippen molar-refractivity contribution in [3.63, 3.8) is 0 Å². The Bertz CT molecular complexity index is 832. The summed E-state index contributed by atoms with van der Waals surface area (Å²) in [6.07, 6.45) is 0.00768. The number of nitrogen functional groups attached to an aromatic ring is 1. The molecule has 1 aromatic heterocycles. The van der Waals surface area contributed by atoms with Crippen LogP contribution in [0.3, 0.4) is 0 Å². The Labute approximate surface area is 164 Å². The van der Waals surface area contributed by atoms with Gasteiger partial charge in [0.1, 0.15) is 5.69 Å². The highest BCUT2D eigenvalue weighted by Gasteiger charge is 2.31. The summed E-state index contributed by atoms with van der Waals surface area (Å²) in [7, 11) is -4.11. The van der Waals surface area contributed by atoms with Crippen molar-refractivity contribution in [2.45, 2.75) is 26.8 Å². The first-order valence-electron chi connectivity index (χ1n) is 9.25. The van der Waals surface area contributed by atoms with E-state index in [0.717, 1.165) is 0 Å². The highest BCUT2D eigenvalue weighted by atomic mass is 31.2. The van der Waals surface area contributed by atoms with Gasteiger partial charge in [0.2, 0.25) is 5.95 Å². The number of fused-ring (bicyclic) bond motifs is 1. The smallest absolute Gasteiger partial charge is 0.326 e. The zero-order valence-corrected chi connectivity index (χ0v) is 17.2. The maximum atomic E-state index is 12.8. The first-order chi connectivity index (χ1) is 13.2. The van der Waals surface area contributed by atoms with E-state index >= 15 is 0 Å². The molecular formula is C16H28N7O4P. The summed E-state index contributed by atoms with van der Waals surface area (Å²) in [5.74, 6) is 0.696. The van der Waals surface area contributed by atoms with Gasteiger partial charge in [0.25, 0.3) is 5.56 Å². The summed E-state index contributed by atoms with van der Waals surface area (Å²) in [6.45, 7) is 6.96. The van der Waals surface area contributed by atoms with E-state index in [2.05, 4.69) is 11.1 Å². The van der Waals surface area contributed by atoms with E-state index in [9.17, 15) is 9.36 Å². The van der Waals surface area contributed by atoms with Crippen molar-refractivity contribution in [2.24, 2.45) is 0 Å². The van der Waals surface area contributed by atoms with E-state index < -0.39 is 7.60 Å². The van der Waals surface area contributed by atoms with Crippen LogP contribution in [0.5, 0.6) is 0 Å². The Morgan fingerprint density at radius 3 is 2.54 bits per heavy atom. The Morgan fingerprint density at radius 2 is 1.96 bits per heavy atom. The van der Waals surface area contributed by atoms with Gasteiger partial charge in [-0.3, -0.25) is 18.8 Å². The number of anilines is 3. The summed E-state index contributed by atoms with van der Waals surface area (Å²) in [6, 6.07) is 2.05. The zero-order valence-electron chi connectivity index (χ0n) is 16.3. The molecule has 2 heterocycles. The number of hydrogen-bond acceptors (Lipinski definition) is 8. The minimum atomic E-state index is -4.11. The molecule has 1 aliphatic heterocycles. The average molecular weight is 413 g/mol. The summed E-state index contributed by atoms with van der Waals surface area (Å²) < 4.78 is 12.6. The van der Waals surface area contributed by atoms with Gasteiger partial charge in [-0.1, -0.05) is 0 Å². The summed E-state index contributed by atoms with van der Waals surface area (Å²) in [5, 5.41) is 8.82. The minimum absolute atomic E-state index is 0.164. The van der Waals surface area contributed by atoms with Crippen LogP contribution >= 0.6 is 7.60 Å². The van der Waals surface area contributed by atoms with Gasteiger partial charge >= 0.3 is 7.60 Å². The van der Waals surface area contributed by atoms with Crippen LogP contribution in [-0.4, -0.2) is 69.8 Å². The predicted octanol–water partition coefficient (Wildman–Crippen LogP) is -0.157. The van der Waals surface area contributed by atoms with Crippen molar-refractivity contribution in [3.8, 4) is 6.07 Å². The normalized spacial score (nSPS) is 13.9. The van der Waals surface area contributed by atoms with Crippen molar-refractivity contribution in [1.82, 2.24) is 14.5 Å². The molecule has 12 heteroatoms. The van der Waals surface area contributed by atoms with Gasteiger partial charge in [-0.2, -0.15) is 10.2 Å². The second-order valence-corrected chi connectivity index (χ2v) is 8.37. The van der Waals surface area contributed by atoms with Crippen LogP contribution in [0.4, 0.5) is 17.5 Å². The maximum Gasteiger partial charge on any atom is 0.326 e. The van der Waals surface area contributed by atoms with E-state index in [4.69, 9.17) is 20.8 Å². The molecule has 1 aromatic rings. The lowest BCUT2D eigenvalue weighted by Gasteiger charge is -2.26. The van der Waals surface area contributed by atoms with Crippen LogP contribution in [0.2, 0.25) is 0 Å². The van der Waals surface area contributed by atoms with E-state index in [0.29, 0.717) is 50.9 Å². The molecule has 0 fully saturated rings. The van der Waals surface area contributed by atoms with Crippen LogP contribution in [0.1, 0.15) is 20.3 Å². The van der Waals surface area contributed by atoms with Crippen molar-refractivity contribution >= 4 is 25.0 Å². The molecule has 11 nitrogen and oxygen atoms in total. The summed E-state index contributed by atoms with van der Waals surface area (Å²) in [4.78, 5) is 41.1. The van der Waals surface area contributed by atoms with Crippen molar-refractivity contribution in [2.75, 3.05) is 61.1 Å². The monoisotopic (exact) mass is 413 g/mol. The van der Waals surface area contributed by atoms with Crippen molar-refractivity contribution in [3.05, 3.63) is 10.4 Å². The quantitative estimate of drug-likeness (QED) is 0.441. The van der Waals surface area contributed by atoms with Crippen molar-refractivity contribution < 1.29 is 14.4 Å². The highest BCUT2D eigenvalue weighted by Crippen LogP contribution is 2.34. The second kappa shape index (κ2) is 9.39. The van der Waals surface area contributed by atoms with Crippen LogP contribution < -0.4 is 21.1 Å². The third-order valence-electron chi connectivity index (χ3n) is 4.75. The largest absolute Gasteiger partial charge is 0.369 e. The summed E-state index contributed by atoms with van der Waals surface area (Å²) in [5.41, 5.74) is 6.30. The molecule has 0 saturated carbocycles. The van der Waals surface area contributed by atoms with Crippen LogP contribution in [0.15, 0.2) is 4.79 Å². The number of aromatic nitrogens is 2. The minimum Gasteiger partial charge on any atom is -0.369 e. The number of rotatable bonds is 10. The molecule has 0 bridgehead atoms. The average Bonchev–Trinajstić information content (AvgIpc) is 2.98. The Balaban J connectivity index is 2.17. The van der Waals surface area contributed by atoms with Gasteiger partial charge in [-0.05, 0) is 13.8 Å². The molecule has 0 saturated heterocycles. The number of hydrogen-bond donors (Lipinski definition) is 3. The lowest BCUT2D eigenvalue weighted by Crippen LogP contribution is -2.39. The Morgan fingerprint density at radius 1 is 1.25 bits per heavy atom. The topological polar surface area (TPSA) is 152 Å². The zero-order chi connectivity index (χ0) is 20.9. The third-order valence-corrected chi connectivity index (χ3v) is 5.53. The fourth-order valence-corrected chi connectivity index (χ4v) is 3.75. The molecule has 2 rings (SSSR count). The molecule has 0 amide bonds. The molecular weight excluding hydrogens is 385 g/mol. The molecule has 0 unspecified atom stereocenters. The Hall–Kier alpha value is -2.12. The predicted molar refractivity (Wildman–Crippen MR) is 107 cm³/mol. The van der Waals surface area contributed by atoms with Gasteiger partial charge in [0.05, 0.1) is 18.9 Å². The van der Waals surface area contributed by atoms with Crippen LogP contribution in [0.25, 0.3) is 0 Å². The first kappa shape index (κ1) is 22.2. The standard InChI is InChI=1S/C16H28N7O4P/c1-3-21-12-22(14-13(21)15(24)23(4-2)16(18)19-14)9-8-20(7-5-6-17)10-11-28(25,26)27/h3-5,7-12H2,1-2H3,(H2,18,19)(H2,25,26,27). The van der Waals surface area contributed by atoms with Crippen LogP contribution in [-0.2, 0) is 11.1 Å². The number of nitriles is 1.